The van der Waals surface area contributed by atoms with Crippen LogP contribution in [0.25, 0.3) is 5.57 Å². The molecule has 46 heavy (non-hydrogen) atoms. The molecule has 2 saturated heterocycles. The van der Waals surface area contributed by atoms with Crippen LogP contribution in [0.5, 0.6) is 11.6 Å². The Bertz CT molecular complexity index is 1580. The van der Waals surface area contributed by atoms with E-state index in [2.05, 4.69) is 21.4 Å². The van der Waals surface area contributed by atoms with E-state index in [4.69, 9.17) is 21.1 Å². The molecule has 3 aromatic rings. The van der Waals surface area contributed by atoms with Gasteiger partial charge in [-0.1, -0.05) is 35.9 Å². The second-order valence-electron chi connectivity index (χ2n) is 12.3. The predicted octanol–water partition coefficient (Wildman–Crippen LogP) is 5.76. The number of rotatable bonds is 8. The van der Waals surface area contributed by atoms with Crippen molar-refractivity contribution in [1.29, 1.82) is 0 Å². The fraction of sp³-hybridized carbons (Fsp3) is 0.417. The lowest BCUT2D eigenvalue weighted by Crippen LogP contribution is -2.47. The summed E-state index contributed by atoms with van der Waals surface area (Å²) in [6.45, 7) is 5.80. The predicted molar refractivity (Wildman–Crippen MR) is 176 cm³/mol. The number of halogens is 1. The maximum Gasteiger partial charge on any atom is 0.309 e. The minimum absolute atomic E-state index is 0.132. The van der Waals surface area contributed by atoms with Crippen molar-refractivity contribution in [2.24, 2.45) is 5.92 Å². The number of allylic oxidation sites excluding steroid dienone is 1. The van der Waals surface area contributed by atoms with E-state index < -0.39 is 5.60 Å². The summed E-state index contributed by atoms with van der Waals surface area (Å²) in [4.78, 5) is 32.7. The molecule has 1 amide bonds. The standard InChI is InChI=1S/C36H41ClN4O5/c1-2-45-35(43)25-14-20-41(21-15-25)39-33(42)30-7-3-9-32-31(30)24-26(29-8-4-18-38-34(29)46-32)6-5-19-40-22-16-36(44,17-23-40)27-10-12-28(37)13-11-27/h3-4,6-13,18,25,44H,2,5,14-17,19-24H2,1H3,(H,39,42). The topological polar surface area (TPSA) is 104 Å². The van der Waals surface area contributed by atoms with Crippen molar-refractivity contribution < 1.29 is 24.2 Å². The first-order chi connectivity index (χ1) is 22.3. The normalized spacial score (nSPS) is 19.4. The molecule has 0 bridgehead atoms. The number of aromatic nitrogens is 1. The molecule has 6 rings (SSSR count). The molecule has 10 heteroatoms. The third-order valence-electron chi connectivity index (χ3n) is 9.34. The van der Waals surface area contributed by atoms with Gasteiger partial charge in [0, 0.05) is 67.1 Å². The van der Waals surface area contributed by atoms with Gasteiger partial charge in [-0.15, -0.1) is 0 Å². The molecule has 3 aliphatic heterocycles. The molecule has 1 aromatic heterocycles. The van der Waals surface area contributed by atoms with Crippen molar-refractivity contribution >= 4 is 29.1 Å². The maximum absolute atomic E-state index is 13.6. The number of likely N-dealkylation sites (tertiary alicyclic amines) is 1. The summed E-state index contributed by atoms with van der Waals surface area (Å²) in [5.74, 6) is 0.653. The number of fused-ring (bicyclic) bond motifs is 2. The van der Waals surface area contributed by atoms with E-state index in [0.717, 1.165) is 48.3 Å². The third-order valence-corrected chi connectivity index (χ3v) is 9.60. The van der Waals surface area contributed by atoms with Crippen LogP contribution >= 0.6 is 11.6 Å². The van der Waals surface area contributed by atoms with Gasteiger partial charge in [0.05, 0.1) is 18.1 Å². The molecule has 2 N–H and O–H groups in total. The number of aliphatic hydroxyl groups is 1. The molecule has 0 aliphatic carbocycles. The first-order valence-electron chi connectivity index (χ1n) is 16.2. The second-order valence-corrected chi connectivity index (χ2v) is 12.7. The number of piperidine rings is 2. The van der Waals surface area contributed by atoms with E-state index >= 15 is 0 Å². The van der Waals surface area contributed by atoms with Crippen LogP contribution in [0.1, 0.15) is 66.1 Å². The van der Waals surface area contributed by atoms with E-state index in [9.17, 15) is 14.7 Å². The highest BCUT2D eigenvalue weighted by Gasteiger charge is 2.34. The van der Waals surface area contributed by atoms with E-state index in [1.54, 1.807) is 6.20 Å². The van der Waals surface area contributed by atoms with E-state index in [1.165, 1.54) is 0 Å². The maximum atomic E-state index is 13.6. The summed E-state index contributed by atoms with van der Waals surface area (Å²) in [7, 11) is 0. The molecule has 4 heterocycles. The Labute approximate surface area is 275 Å². The van der Waals surface area contributed by atoms with E-state index in [-0.39, 0.29) is 17.8 Å². The van der Waals surface area contributed by atoms with Crippen molar-refractivity contribution in [2.45, 2.75) is 51.0 Å². The fourth-order valence-corrected chi connectivity index (χ4v) is 6.78. The first kappa shape index (κ1) is 32.2. The lowest BCUT2D eigenvalue weighted by atomic mass is 9.84. The Kier molecular flexibility index (Phi) is 10.0. The first-order valence-corrected chi connectivity index (χ1v) is 16.6. The van der Waals surface area contributed by atoms with Crippen molar-refractivity contribution in [3.63, 3.8) is 0 Å². The molecule has 0 atom stereocenters. The van der Waals surface area contributed by atoms with Crippen LogP contribution in [0.15, 0.2) is 66.9 Å². The Morgan fingerprint density at radius 1 is 1.09 bits per heavy atom. The Morgan fingerprint density at radius 3 is 2.59 bits per heavy atom. The lowest BCUT2D eigenvalue weighted by Gasteiger charge is -2.38. The van der Waals surface area contributed by atoms with Gasteiger partial charge in [-0.2, -0.15) is 0 Å². The molecule has 0 saturated carbocycles. The summed E-state index contributed by atoms with van der Waals surface area (Å²) in [6.07, 6.45) is 7.89. The summed E-state index contributed by atoms with van der Waals surface area (Å²) in [5, 5.41) is 13.8. The smallest absolute Gasteiger partial charge is 0.309 e. The Balaban J connectivity index is 1.13. The number of hydrazine groups is 1. The van der Waals surface area contributed by atoms with Crippen molar-refractivity contribution in [3.8, 4) is 11.6 Å². The van der Waals surface area contributed by atoms with Crippen LogP contribution in [0.2, 0.25) is 5.02 Å². The number of hydrogen-bond donors (Lipinski definition) is 2. The minimum atomic E-state index is -0.833. The number of hydrogen-bond acceptors (Lipinski definition) is 8. The zero-order chi connectivity index (χ0) is 32.1. The lowest BCUT2D eigenvalue weighted by molar-refractivity contribution is -0.149. The molecular weight excluding hydrogens is 604 g/mol. The van der Waals surface area contributed by atoms with Crippen LogP contribution in [0.4, 0.5) is 0 Å². The number of carbonyl (C=O) groups excluding carboxylic acids is 2. The van der Waals surface area contributed by atoms with E-state index in [0.29, 0.717) is 74.0 Å². The number of ether oxygens (including phenoxy) is 2. The van der Waals surface area contributed by atoms with Gasteiger partial charge < -0.3 is 19.5 Å². The minimum Gasteiger partial charge on any atom is -0.466 e. The van der Waals surface area contributed by atoms with Gasteiger partial charge in [0.15, 0.2) is 0 Å². The number of amides is 1. The molecule has 2 aromatic carbocycles. The monoisotopic (exact) mass is 644 g/mol. The summed E-state index contributed by atoms with van der Waals surface area (Å²) < 4.78 is 11.5. The van der Waals surface area contributed by atoms with Crippen molar-refractivity contribution in [2.75, 3.05) is 39.3 Å². The molecule has 0 spiro atoms. The number of carbonyl (C=O) groups is 2. The summed E-state index contributed by atoms with van der Waals surface area (Å²) in [5.41, 5.74) is 6.50. The SMILES string of the molecule is CCOC(=O)C1CCN(NC(=O)c2cccc3c2CC(=CCCN2CCC(O)(c4ccc(Cl)cc4)CC2)c2cccnc2O3)CC1. The van der Waals surface area contributed by atoms with Gasteiger partial charge in [0.2, 0.25) is 5.88 Å². The van der Waals surface area contributed by atoms with Crippen molar-refractivity contribution in [1.82, 2.24) is 20.3 Å². The van der Waals surface area contributed by atoms with Gasteiger partial charge in [-0.3, -0.25) is 15.0 Å². The fourth-order valence-electron chi connectivity index (χ4n) is 6.65. The molecular formula is C36H41ClN4O5. The van der Waals surface area contributed by atoms with Crippen LogP contribution in [-0.2, 0) is 21.6 Å². The van der Waals surface area contributed by atoms with Crippen LogP contribution in [0, 0.1) is 5.92 Å². The summed E-state index contributed by atoms with van der Waals surface area (Å²) >= 11 is 6.05. The number of esters is 1. The molecule has 2 fully saturated rings. The number of nitrogens with one attached hydrogen (secondary N) is 1. The van der Waals surface area contributed by atoms with Crippen LogP contribution in [0.3, 0.4) is 0 Å². The average Bonchev–Trinajstić information content (AvgIpc) is 3.23. The quantitative estimate of drug-likeness (QED) is 0.299. The Morgan fingerprint density at radius 2 is 1.85 bits per heavy atom. The largest absolute Gasteiger partial charge is 0.466 e. The Hall–Kier alpha value is -3.76. The van der Waals surface area contributed by atoms with Crippen LogP contribution < -0.4 is 10.2 Å². The molecule has 242 valence electrons. The number of nitrogens with zero attached hydrogens (tertiary/aromatic N) is 3. The molecule has 0 unspecified atom stereocenters. The molecule has 0 radical (unpaired) electrons. The van der Waals surface area contributed by atoms with Gasteiger partial charge in [0.1, 0.15) is 5.75 Å². The zero-order valence-electron chi connectivity index (χ0n) is 26.2. The highest BCUT2D eigenvalue weighted by atomic mass is 35.5. The second kappa shape index (κ2) is 14.3. The zero-order valence-corrected chi connectivity index (χ0v) is 27.0. The molecule has 3 aliphatic rings. The van der Waals surface area contributed by atoms with Gasteiger partial charge >= 0.3 is 5.97 Å². The highest BCUT2D eigenvalue weighted by molar-refractivity contribution is 6.30. The van der Waals surface area contributed by atoms with Crippen LogP contribution in [-0.4, -0.2) is 71.2 Å². The molecule has 9 nitrogen and oxygen atoms in total. The van der Waals surface area contributed by atoms with E-state index in [1.807, 2.05) is 66.5 Å². The third kappa shape index (κ3) is 7.28. The van der Waals surface area contributed by atoms with Gasteiger partial charge in [-0.25, -0.2) is 9.99 Å². The number of benzene rings is 2. The van der Waals surface area contributed by atoms with Gasteiger partial charge in [0.25, 0.3) is 5.91 Å². The van der Waals surface area contributed by atoms with Crippen molar-refractivity contribution in [3.05, 3.63) is 94.1 Å². The average molecular weight is 645 g/mol. The number of pyridine rings is 1. The highest BCUT2D eigenvalue weighted by Crippen LogP contribution is 2.39. The van der Waals surface area contributed by atoms with Gasteiger partial charge in [-0.05, 0) is 86.6 Å². The summed E-state index contributed by atoms with van der Waals surface area (Å²) in [6, 6.07) is 17.0.